The molecule has 0 amide bonds. The minimum absolute atomic E-state index is 0.0835. The molecule has 0 spiro atoms. The van der Waals surface area contributed by atoms with Gasteiger partial charge in [0.2, 0.25) is 0 Å². The van der Waals surface area contributed by atoms with Gasteiger partial charge in [0.15, 0.2) is 0 Å². The van der Waals surface area contributed by atoms with E-state index < -0.39 is 0 Å². The molecule has 2 aromatic carbocycles. The van der Waals surface area contributed by atoms with Crippen molar-refractivity contribution in [3.05, 3.63) is 62.1 Å². The highest BCUT2D eigenvalue weighted by molar-refractivity contribution is 7.68. The summed E-state index contributed by atoms with van der Waals surface area (Å²) in [5.41, 5.74) is 9.91. The average molecular weight is 381 g/mol. The molecule has 0 atom stereocenters. The summed E-state index contributed by atoms with van der Waals surface area (Å²) in [5, 5.41) is 3.76. The highest BCUT2D eigenvalue weighted by Crippen LogP contribution is 2.46. The molecule has 4 heteroatoms. The summed E-state index contributed by atoms with van der Waals surface area (Å²) in [5.74, 6) is 0. The Labute approximate surface area is 162 Å². The molecular formula is C22H24N2S2. The van der Waals surface area contributed by atoms with Crippen LogP contribution in [0, 0.1) is 27.7 Å². The maximum absolute atomic E-state index is 5.06. The number of aryl methyl sites for hydroxylation is 4. The molecule has 0 saturated carbocycles. The molecule has 134 valence electrons. The Hall–Kier alpha value is -1.91. The number of anilines is 1. The molecule has 2 heterocycles. The minimum Gasteiger partial charge on any atom is -0.374 e. The van der Waals surface area contributed by atoms with Crippen molar-refractivity contribution in [2.45, 2.75) is 47.1 Å². The smallest absolute Gasteiger partial charge is 0.135 e. The Morgan fingerprint density at radius 3 is 2.19 bits per heavy atom. The van der Waals surface area contributed by atoms with E-state index in [1.165, 1.54) is 43.9 Å². The Kier molecular flexibility index (Phi) is 4.08. The van der Waals surface area contributed by atoms with Gasteiger partial charge in [-0.2, -0.15) is 0 Å². The van der Waals surface area contributed by atoms with Crippen LogP contribution < -0.4 is 9.99 Å². The molecule has 0 saturated heterocycles. The van der Waals surface area contributed by atoms with Crippen molar-refractivity contribution in [3.8, 4) is 11.1 Å². The molecule has 1 aromatic heterocycles. The molecule has 1 N–H and O–H groups in total. The van der Waals surface area contributed by atoms with Crippen molar-refractivity contribution in [1.29, 1.82) is 0 Å². The van der Waals surface area contributed by atoms with Gasteiger partial charge < -0.3 is 5.32 Å². The van der Waals surface area contributed by atoms with E-state index in [4.69, 9.17) is 4.99 Å². The summed E-state index contributed by atoms with van der Waals surface area (Å²) in [4.78, 5) is 6.44. The Bertz CT molecular complexity index is 1060. The number of nitrogens with one attached hydrogen (secondary N) is 1. The van der Waals surface area contributed by atoms with Crippen LogP contribution >= 0.6 is 20.7 Å². The van der Waals surface area contributed by atoms with Crippen LogP contribution in [0.2, 0.25) is 0 Å². The second-order valence-electron chi connectivity index (χ2n) is 7.89. The standard InChI is InChI=1S/C22H24N2S2/c1-12-7-13(2)10-16(9-12)23-21-18-17-11-14(3)8-15(4)19(17)24-22(5,6)20(18)25-26-21/h7-11,24H,1-6H3. The number of nitrogens with zero attached hydrogens (tertiary/aromatic N) is 1. The number of hydrogen-bond donors (Lipinski definition) is 1. The quantitative estimate of drug-likeness (QED) is 0.472. The second-order valence-corrected chi connectivity index (χ2v) is 10.0. The normalized spacial score (nSPS) is 15.4. The molecule has 1 aliphatic heterocycles. The minimum atomic E-state index is -0.0835. The van der Waals surface area contributed by atoms with Crippen LogP contribution in [0.3, 0.4) is 0 Å². The zero-order valence-electron chi connectivity index (χ0n) is 16.2. The third-order valence-electron chi connectivity index (χ3n) is 4.84. The largest absolute Gasteiger partial charge is 0.374 e. The van der Waals surface area contributed by atoms with Crippen molar-refractivity contribution >= 4 is 32.1 Å². The SMILES string of the molecule is Cc1cc(C)cc(N=c2ssc3c2-c2cc(C)cc(C)c2NC3(C)C)c1. The predicted molar refractivity (Wildman–Crippen MR) is 115 cm³/mol. The van der Waals surface area contributed by atoms with Crippen LogP contribution in [-0.2, 0) is 5.54 Å². The zero-order valence-corrected chi connectivity index (χ0v) is 17.8. The third-order valence-corrected chi connectivity index (χ3v) is 7.48. The third kappa shape index (κ3) is 2.91. The van der Waals surface area contributed by atoms with Gasteiger partial charge in [-0.05, 0) is 76.4 Å². The monoisotopic (exact) mass is 380 g/mol. The van der Waals surface area contributed by atoms with Gasteiger partial charge in [0.05, 0.1) is 16.1 Å². The lowest BCUT2D eigenvalue weighted by Crippen LogP contribution is -2.32. The second kappa shape index (κ2) is 6.07. The van der Waals surface area contributed by atoms with E-state index in [-0.39, 0.29) is 5.54 Å². The highest BCUT2D eigenvalue weighted by Gasteiger charge is 2.34. The highest BCUT2D eigenvalue weighted by atomic mass is 32.9. The molecule has 4 rings (SSSR count). The molecule has 3 aromatic rings. The van der Waals surface area contributed by atoms with Crippen LogP contribution in [0.1, 0.15) is 41.0 Å². The number of rotatable bonds is 1. The number of benzene rings is 2. The van der Waals surface area contributed by atoms with E-state index in [9.17, 15) is 0 Å². The summed E-state index contributed by atoms with van der Waals surface area (Å²) in [6.45, 7) is 13.1. The molecule has 0 fully saturated rings. The summed E-state index contributed by atoms with van der Waals surface area (Å²) >= 11 is 0. The van der Waals surface area contributed by atoms with E-state index in [1.807, 2.05) is 10.3 Å². The molecule has 26 heavy (non-hydrogen) atoms. The molecular weight excluding hydrogens is 356 g/mol. The summed E-state index contributed by atoms with van der Waals surface area (Å²) in [7, 11) is 3.63. The van der Waals surface area contributed by atoms with Gasteiger partial charge in [-0.25, -0.2) is 4.99 Å². The van der Waals surface area contributed by atoms with Crippen molar-refractivity contribution in [2.75, 3.05) is 5.32 Å². The summed E-state index contributed by atoms with van der Waals surface area (Å²) < 4.78 is 1.12. The van der Waals surface area contributed by atoms with Crippen LogP contribution in [0.5, 0.6) is 0 Å². The molecule has 2 nitrogen and oxygen atoms in total. The maximum atomic E-state index is 5.06. The fourth-order valence-corrected chi connectivity index (χ4v) is 6.76. The van der Waals surface area contributed by atoms with Gasteiger partial charge in [0, 0.05) is 16.8 Å². The van der Waals surface area contributed by atoms with Gasteiger partial charge in [-0.1, -0.05) is 38.4 Å². The lowest BCUT2D eigenvalue weighted by Gasteiger charge is -2.34. The first-order chi connectivity index (χ1) is 12.2. The molecule has 0 aliphatic carbocycles. The van der Waals surface area contributed by atoms with E-state index in [2.05, 4.69) is 77.2 Å². The van der Waals surface area contributed by atoms with Gasteiger partial charge in [-0.3, -0.25) is 0 Å². The molecule has 0 bridgehead atoms. The Balaban J connectivity index is 2.02. The maximum Gasteiger partial charge on any atom is 0.135 e. The Morgan fingerprint density at radius 1 is 0.846 bits per heavy atom. The van der Waals surface area contributed by atoms with E-state index in [0.717, 1.165) is 10.4 Å². The fraction of sp³-hybridized carbons (Fsp3) is 0.318. The molecule has 0 radical (unpaired) electrons. The van der Waals surface area contributed by atoms with Crippen LogP contribution in [0.4, 0.5) is 11.4 Å². The molecule has 1 aliphatic rings. The fourth-order valence-electron chi connectivity index (χ4n) is 3.82. The van der Waals surface area contributed by atoms with Gasteiger partial charge in [0.1, 0.15) is 4.67 Å². The van der Waals surface area contributed by atoms with Crippen molar-refractivity contribution in [2.24, 2.45) is 4.99 Å². The van der Waals surface area contributed by atoms with Crippen LogP contribution in [-0.4, -0.2) is 0 Å². The first-order valence-corrected chi connectivity index (χ1v) is 11.1. The lowest BCUT2D eigenvalue weighted by molar-refractivity contribution is 0.618. The van der Waals surface area contributed by atoms with E-state index in [0.29, 0.717) is 0 Å². The lowest BCUT2D eigenvalue weighted by atomic mass is 9.87. The van der Waals surface area contributed by atoms with Crippen molar-refractivity contribution in [1.82, 2.24) is 0 Å². The number of hydrogen-bond acceptors (Lipinski definition) is 4. The predicted octanol–water partition coefficient (Wildman–Crippen LogP) is 6.60. The van der Waals surface area contributed by atoms with Crippen LogP contribution in [0.25, 0.3) is 11.1 Å². The first kappa shape index (κ1) is 17.5. The van der Waals surface area contributed by atoms with E-state index >= 15 is 0 Å². The van der Waals surface area contributed by atoms with Gasteiger partial charge in [0.25, 0.3) is 0 Å². The van der Waals surface area contributed by atoms with E-state index in [1.54, 1.807) is 10.3 Å². The molecule has 0 unspecified atom stereocenters. The Morgan fingerprint density at radius 2 is 1.50 bits per heavy atom. The summed E-state index contributed by atoms with van der Waals surface area (Å²) in [6.07, 6.45) is 0. The van der Waals surface area contributed by atoms with Crippen molar-refractivity contribution in [3.63, 3.8) is 0 Å². The van der Waals surface area contributed by atoms with Crippen molar-refractivity contribution < 1.29 is 0 Å². The van der Waals surface area contributed by atoms with Gasteiger partial charge in [-0.15, -0.1) is 0 Å². The average Bonchev–Trinajstić information content (AvgIpc) is 2.93. The van der Waals surface area contributed by atoms with Gasteiger partial charge >= 0.3 is 0 Å². The first-order valence-electron chi connectivity index (χ1n) is 8.91. The topological polar surface area (TPSA) is 24.4 Å². The zero-order chi connectivity index (χ0) is 18.6. The van der Waals surface area contributed by atoms with Crippen LogP contribution in [0.15, 0.2) is 35.3 Å². The summed E-state index contributed by atoms with van der Waals surface area (Å²) in [6, 6.07) is 11.1. The number of fused-ring (bicyclic) bond motifs is 3.